The number of Topliss-reactive ketones (excluding diaryl/α,β-unsaturated/α-hetero) is 1. The first-order valence-electron chi connectivity index (χ1n) is 6.23. The predicted molar refractivity (Wildman–Crippen MR) is 69.0 cm³/mol. The Balaban J connectivity index is 2.47. The summed E-state index contributed by atoms with van der Waals surface area (Å²) in [6, 6.07) is 0. The third-order valence-corrected chi connectivity index (χ3v) is 2.68. The van der Waals surface area contributed by atoms with Gasteiger partial charge in [0.15, 0.2) is 5.78 Å². The lowest BCUT2D eigenvalue weighted by atomic mass is 10.1. The number of carbonyl (C=O) groups is 2. The van der Waals surface area contributed by atoms with E-state index in [2.05, 4.69) is 17.2 Å². The zero-order chi connectivity index (χ0) is 13.8. The van der Waals surface area contributed by atoms with Gasteiger partial charge in [-0.15, -0.1) is 11.8 Å². The molecule has 1 aliphatic rings. The molecule has 1 saturated carbocycles. The number of hydrogen-bond acceptors (Lipinski definition) is 3. The van der Waals surface area contributed by atoms with Crippen LogP contribution >= 0.6 is 0 Å². The van der Waals surface area contributed by atoms with Crippen LogP contribution in [0.4, 0.5) is 4.79 Å². The van der Waals surface area contributed by atoms with Crippen LogP contribution in [0.3, 0.4) is 0 Å². The minimum atomic E-state index is -0.683. The molecule has 0 spiro atoms. The van der Waals surface area contributed by atoms with Gasteiger partial charge in [0.1, 0.15) is 11.1 Å². The summed E-state index contributed by atoms with van der Waals surface area (Å²) in [5.74, 6) is 5.66. The fraction of sp³-hybridized carbons (Fsp3) is 0.714. The van der Waals surface area contributed by atoms with Crippen molar-refractivity contribution in [2.75, 3.05) is 0 Å². The molecule has 0 atom stereocenters. The molecule has 0 aromatic rings. The van der Waals surface area contributed by atoms with Crippen molar-refractivity contribution in [1.29, 1.82) is 0 Å². The summed E-state index contributed by atoms with van der Waals surface area (Å²) in [6.45, 7) is 7.14. The standard InChI is InChI=1S/C14H21NO3/c1-5-6-7-8-11(16)14(9-10-14)15-12(17)18-13(2,3)4/h7-10H2,1-4H3,(H,15,17). The SMILES string of the molecule is CC#CCCC(=O)C1(NC(=O)OC(C)(C)C)CC1. The summed E-state index contributed by atoms with van der Waals surface area (Å²) in [5.41, 5.74) is -1.23. The summed E-state index contributed by atoms with van der Waals surface area (Å²) in [4.78, 5) is 23.6. The van der Waals surface area contributed by atoms with Crippen molar-refractivity contribution in [3.63, 3.8) is 0 Å². The molecule has 0 radical (unpaired) electrons. The molecule has 4 nitrogen and oxygen atoms in total. The van der Waals surface area contributed by atoms with Gasteiger partial charge in [0.2, 0.25) is 0 Å². The number of carbonyl (C=O) groups excluding carboxylic acids is 2. The summed E-state index contributed by atoms with van der Waals surface area (Å²) >= 11 is 0. The van der Waals surface area contributed by atoms with Crippen LogP contribution in [0.25, 0.3) is 0 Å². The van der Waals surface area contributed by atoms with Gasteiger partial charge in [-0.1, -0.05) is 0 Å². The average Bonchev–Trinajstić information content (AvgIpc) is 2.96. The Kier molecular flexibility index (Phi) is 4.39. The molecule has 1 fully saturated rings. The highest BCUT2D eigenvalue weighted by molar-refractivity contribution is 5.94. The van der Waals surface area contributed by atoms with Gasteiger partial charge in [-0.3, -0.25) is 4.79 Å². The highest BCUT2D eigenvalue weighted by atomic mass is 16.6. The van der Waals surface area contributed by atoms with Gasteiger partial charge in [-0.2, -0.15) is 0 Å². The minimum absolute atomic E-state index is 0.0520. The minimum Gasteiger partial charge on any atom is -0.444 e. The average molecular weight is 251 g/mol. The van der Waals surface area contributed by atoms with Crippen LogP contribution in [0.5, 0.6) is 0 Å². The van der Waals surface area contributed by atoms with E-state index in [-0.39, 0.29) is 5.78 Å². The molecule has 0 aromatic carbocycles. The first-order chi connectivity index (χ1) is 8.29. The van der Waals surface area contributed by atoms with Crippen molar-refractivity contribution in [3.05, 3.63) is 0 Å². The Bertz CT molecular complexity index is 391. The van der Waals surface area contributed by atoms with Crippen molar-refractivity contribution in [2.24, 2.45) is 0 Å². The Morgan fingerprint density at radius 1 is 1.33 bits per heavy atom. The highest BCUT2D eigenvalue weighted by Crippen LogP contribution is 2.37. The van der Waals surface area contributed by atoms with E-state index in [0.717, 1.165) is 0 Å². The zero-order valence-corrected chi connectivity index (χ0v) is 11.6. The van der Waals surface area contributed by atoms with Crippen LogP contribution < -0.4 is 5.32 Å². The first-order valence-corrected chi connectivity index (χ1v) is 6.23. The third kappa shape index (κ3) is 4.40. The fourth-order valence-corrected chi connectivity index (χ4v) is 1.64. The Morgan fingerprint density at radius 3 is 2.39 bits per heavy atom. The van der Waals surface area contributed by atoms with Gasteiger partial charge in [0.25, 0.3) is 0 Å². The molecule has 0 aliphatic heterocycles. The predicted octanol–water partition coefficient (Wildman–Crippen LogP) is 2.42. The van der Waals surface area contributed by atoms with Gasteiger partial charge in [0.05, 0.1) is 0 Å². The second-order valence-electron chi connectivity index (χ2n) is 5.56. The molecule has 0 bridgehead atoms. The van der Waals surface area contributed by atoms with Crippen molar-refractivity contribution in [1.82, 2.24) is 5.32 Å². The second-order valence-corrected chi connectivity index (χ2v) is 5.56. The van der Waals surface area contributed by atoms with Gasteiger partial charge >= 0.3 is 6.09 Å². The van der Waals surface area contributed by atoms with Crippen LogP contribution in [0.1, 0.15) is 53.4 Å². The number of alkyl carbamates (subject to hydrolysis) is 1. The lowest BCUT2D eigenvalue weighted by molar-refractivity contribution is -0.122. The van der Waals surface area contributed by atoms with E-state index in [1.807, 2.05) is 0 Å². The highest BCUT2D eigenvalue weighted by Gasteiger charge is 2.50. The maximum absolute atomic E-state index is 12.0. The topological polar surface area (TPSA) is 55.4 Å². The van der Waals surface area contributed by atoms with Crippen molar-refractivity contribution >= 4 is 11.9 Å². The van der Waals surface area contributed by atoms with Crippen LogP contribution in [0, 0.1) is 11.8 Å². The maximum Gasteiger partial charge on any atom is 0.408 e. The molecule has 0 unspecified atom stereocenters. The summed E-state index contributed by atoms with van der Waals surface area (Å²) < 4.78 is 5.16. The van der Waals surface area contributed by atoms with Gasteiger partial charge < -0.3 is 10.1 Å². The third-order valence-electron chi connectivity index (χ3n) is 2.68. The van der Waals surface area contributed by atoms with E-state index in [9.17, 15) is 9.59 Å². The lowest BCUT2D eigenvalue weighted by Gasteiger charge is -2.22. The molecule has 0 heterocycles. The van der Waals surface area contributed by atoms with Gasteiger partial charge in [0, 0.05) is 12.8 Å². The molecule has 0 saturated heterocycles. The van der Waals surface area contributed by atoms with Crippen LogP contribution in [0.2, 0.25) is 0 Å². The normalized spacial score (nSPS) is 16.2. The number of amides is 1. The van der Waals surface area contributed by atoms with Crippen molar-refractivity contribution in [3.8, 4) is 11.8 Å². The molecule has 0 aromatic heterocycles. The largest absolute Gasteiger partial charge is 0.444 e. The van der Waals surface area contributed by atoms with E-state index >= 15 is 0 Å². The second kappa shape index (κ2) is 5.43. The summed E-state index contributed by atoms with van der Waals surface area (Å²) in [7, 11) is 0. The monoisotopic (exact) mass is 251 g/mol. The first kappa shape index (κ1) is 14.6. The Labute approximate surface area is 108 Å². The van der Waals surface area contributed by atoms with Crippen LogP contribution in [-0.4, -0.2) is 23.0 Å². The molecule has 100 valence electrons. The molecule has 4 heteroatoms. The lowest BCUT2D eigenvalue weighted by Crippen LogP contribution is -2.45. The fourth-order valence-electron chi connectivity index (χ4n) is 1.64. The maximum atomic E-state index is 12.0. The molecule has 1 N–H and O–H groups in total. The molecule has 1 amide bonds. The van der Waals surface area contributed by atoms with E-state index in [1.165, 1.54) is 0 Å². The molecule has 1 rings (SSSR count). The Morgan fingerprint density at radius 2 is 1.94 bits per heavy atom. The number of ketones is 1. The van der Waals surface area contributed by atoms with Crippen molar-refractivity contribution in [2.45, 2.75) is 64.5 Å². The number of rotatable bonds is 4. The molecular weight excluding hydrogens is 230 g/mol. The molecule has 18 heavy (non-hydrogen) atoms. The quantitative estimate of drug-likeness (QED) is 0.781. The number of ether oxygens (including phenoxy) is 1. The smallest absolute Gasteiger partial charge is 0.408 e. The number of nitrogens with one attached hydrogen (secondary N) is 1. The zero-order valence-electron chi connectivity index (χ0n) is 11.6. The van der Waals surface area contributed by atoms with Crippen LogP contribution in [-0.2, 0) is 9.53 Å². The van der Waals surface area contributed by atoms with Gasteiger partial charge in [-0.05, 0) is 40.5 Å². The molecular formula is C14H21NO3. The van der Waals surface area contributed by atoms with E-state index in [0.29, 0.717) is 25.7 Å². The van der Waals surface area contributed by atoms with E-state index in [1.54, 1.807) is 27.7 Å². The van der Waals surface area contributed by atoms with E-state index in [4.69, 9.17) is 4.74 Å². The van der Waals surface area contributed by atoms with E-state index < -0.39 is 17.2 Å². The summed E-state index contributed by atoms with van der Waals surface area (Å²) in [5, 5.41) is 2.69. The Hall–Kier alpha value is -1.50. The van der Waals surface area contributed by atoms with Crippen molar-refractivity contribution < 1.29 is 14.3 Å². The molecule has 1 aliphatic carbocycles. The van der Waals surface area contributed by atoms with Gasteiger partial charge in [-0.25, -0.2) is 4.79 Å². The summed E-state index contributed by atoms with van der Waals surface area (Å²) in [6.07, 6.45) is 1.81. The van der Waals surface area contributed by atoms with Crippen LogP contribution in [0.15, 0.2) is 0 Å². The number of hydrogen-bond donors (Lipinski definition) is 1.